The van der Waals surface area contributed by atoms with Gasteiger partial charge in [0.2, 0.25) is 65.1 Å². The summed E-state index contributed by atoms with van der Waals surface area (Å²) in [6, 6.07) is 49.2. The van der Waals surface area contributed by atoms with Crippen LogP contribution in [0.4, 0.5) is 64.6 Å². The van der Waals surface area contributed by atoms with Crippen molar-refractivity contribution in [3.63, 3.8) is 0 Å². The van der Waals surface area contributed by atoms with Gasteiger partial charge in [-0.2, -0.15) is 39.9 Å². The van der Waals surface area contributed by atoms with Crippen molar-refractivity contribution in [1.82, 2.24) is 49.8 Å². The van der Waals surface area contributed by atoms with Crippen LogP contribution in [0.15, 0.2) is 176 Å². The van der Waals surface area contributed by atoms with Gasteiger partial charge in [0.05, 0.1) is 33.1 Å². The molecule has 0 unspecified atom stereocenters. The normalized spacial score (nSPS) is 11.1. The first-order chi connectivity index (χ1) is 55.4. The van der Waals surface area contributed by atoms with Crippen LogP contribution in [-0.2, 0) is 38.6 Å². The highest BCUT2D eigenvalue weighted by Gasteiger charge is 2.20. The molecular formula is C81H90ClN21O12. The Morgan fingerprint density at radius 3 is 1.57 bits per heavy atom. The fraction of sp³-hybridized carbons (Fsp3) is 0.235. The number of aryl methyl sites for hydroxylation is 1. The van der Waals surface area contributed by atoms with E-state index in [0.717, 1.165) is 66.3 Å². The van der Waals surface area contributed by atoms with Crippen LogP contribution >= 0.6 is 11.6 Å². The van der Waals surface area contributed by atoms with E-state index in [1.807, 2.05) is 61.5 Å². The Hall–Kier alpha value is -14.2. The number of halogens is 1. The number of anilines is 11. The number of aliphatic hydroxyl groups is 1. The number of aromatic nitrogens is 10. The van der Waals surface area contributed by atoms with E-state index in [-0.39, 0.29) is 101 Å². The number of hydrogen-bond acceptors (Lipinski definition) is 27. The molecule has 34 heteroatoms. The number of methoxy groups -OCH3 is 2. The smallest absolute Gasteiger partial charge is 0.258 e. The lowest BCUT2D eigenvalue weighted by Crippen LogP contribution is -2.30. The number of rotatable bonds is 24. The molecule has 6 aromatic carbocycles. The molecule has 0 spiro atoms. The maximum Gasteiger partial charge on any atom is 0.258 e. The van der Waals surface area contributed by atoms with E-state index in [0.29, 0.717) is 74.9 Å². The van der Waals surface area contributed by atoms with E-state index in [2.05, 4.69) is 93.6 Å². The van der Waals surface area contributed by atoms with E-state index in [9.17, 15) is 33.9 Å². The van der Waals surface area contributed by atoms with Gasteiger partial charge in [0, 0.05) is 104 Å². The largest absolute Gasteiger partial charge is 0.494 e. The number of amides is 6. The summed E-state index contributed by atoms with van der Waals surface area (Å²) in [5.41, 5.74) is 28.1. The summed E-state index contributed by atoms with van der Waals surface area (Å²) >= 11 is 5.86. The van der Waals surface area contributed by atoms with Crippen molar-refractivity contribution in [2.75, 3.05) is 93.7 Å². The molecule has 33 nitrogen and oxygen atoms in total. The molecule has 1 aliphatic rings. The van der Waals surface area contributed by atoms with Gasteiger partial charge in [-0.05, 0) is 128 Å². The number of carbonyl (C=O) groups is 6. The molecule has 15 N–H and O–H groups in total. The molecule has 6 amide bonds. The SMILES string of the molecule is CC(=O)Nc1cc(Oc2ccccc2)nc(NC(C)=O)n1.CCCCOc1ccc(Oc2cc(NC(C)=O)nc(NC(C)=O)n2)cc1.CCc1nc(N)nc(N)c1-c1ccc(Cl)cc1.COc1cc(Cc2cnc(NC(=O)c3ccccc3)nc2NC(=O)c2ccccc2)cc(CO)c1OC.Nc1cc(N2CCCCC2)nc(N)n1. The highest BCUT2D eigenvalue weighted by atomic mass is 35.5. The number of ether oxygens (including phenoxy) is 5. The molecule has 5 aromatic heterocycles. The van der Waals surface area contributed by atoms with Crippen molar-refractivity contribution in [3.05, 3.63) is 215 Å². The number of carbonyl (C=O) groups excluding carboxylic acids is 6. The van der Waals surface area contributed by atoms with Gasteiger partial charge in [-0.25, -0.2) is 9.97 Å². The molecule has 115 heavy (non-hydrogen) atoms. The van der Waals surface area contributed by atoms with Crippen molar-refractivity contribution >= 4 is 112 Å². The van der Waals surface area contributed by atoms with E-state index in [4.69, 9.17) is 58.2 Å². The van der Waals surface area contributed by atoms with E-state index in [1.165, 1.54) is 73.3 Å². The van der Waals surface area contributed by atoms with Gasteiger partial charge < -0.3 is 72.6 Å². The van der Waals surface area contributed by atoms with Crippen LogP contribution in [0.2, 0.25) is 5.02 Å². The summed E-state index contributed by atoms with van der Waals surface area (Å²) in [7, 11) is 3.02. The summed E-state index contributed by atoms with van der Waals surface area (Å²) in [4.78, 5) is 114. The predicted molar refractivity (Wildman–Crippen MR) is 441 cm³/mol. The predicted octanol–water partition coefficient (Wildman–Crippen LogP) is 12.8. The minimum absolute atomic E-state index is 0.0401. The van der Waals surface area contributed by atoms with Crippen molar-refractivity contribution in [1.29, 1.82) is 0 Å². The number of hydrogen-bond donors (Lipinski definition) is 11. The number of aliphatic hydroxyl groups excluding tert-OH is 1. The third-order valence-corrected chi connectivity index (χ3v) is 16.1. The average molecular weight is 1590 g/mol. The number of nitrogens with zero attached hydrogens (tertiary/aromatic N) is 11. The molecule has 1 fully saturated rings. The summed E-state index contributed by atoms with van der Waals surface area (Å²) in [6.07, 6.45) is 8.39. The van der Waals surface area contributed by atoms with Crippen LogP contribution in [-0.4, -0.2) is 124 Å². The quantitative estimate of drug-likeness (QED) is 0.0250. The molecule has 0 atom stereocenters. The molecule has 0 bridgehead atoms. The van der Waals surface area contributed by atoms with E-state index >= 15 is 0 Å². The van der Waals surface area contributed by atoms with Gasteiger partial charge in [0.25, 0.3) is 11.8 Å². The second-order valence-corrected chi connectivity index (χ2v) is 25.4. The number of unbranched alkanes of at least 4 members (excludes halogenated alkanes) is 1. The van der Waals surface area contributed by atoms with E-state index in [1.54, 1.807) is 109 Å². The Bertz CT molecular complexity index is 4960. The van der Waals surface area contributed by atoms with Crippen molar-refractivity contribution in [2.24, 2.45) is 0 Å². The summed E-state index contributed by atoms with van der Waals surface area (Å²) in [5, 5.41) is 26.0. The van der Waals surface area contributed by atoms with Gasteiger partial charge in [0.1, 0.15) is 52.2 Å². The summed E-state index contributed by atoms with van der Waals surface area (Å²) in [6.45, 7) is 12.0. The highest BCUT2D eigenvalue weighted by Crippen LogP contribution is 2.35. The fourth-order valence-electron chi connectivity index (χ4n) is 10.8. The van der Waals surface area contributed by atoms with Gasteiger partial charge in [0.15, 0.2) is 11.5 Å². The first-order valence-electron chi connectivity index (χ1n) is 36.2. The van der Waals surface area contributed by atoms with Crippen LogP contribution < -0.4 is 83.4 Å². The number of nitrogens with one attached hydrogen (secondary N) is 6. The molecule has 11 aromatic rings. The standard InChI is InChI=1S/C28H26N4O5.C18H22N4O4.C14H14N4O3.C12H13ClN4.C9H15N5/c1-36-23-15-18(14-22(17-33)24(23)37-2)13-21-16-29-28(32-27(35)20-11-7-4-8-12-20)31-25(21)30-26(34)19-9-5-3-6-10-19;1-4-5-10-25-14-6-8-15(9-7-14)26-17-11-16(19-12(2)23)21-18(22-17)20-13(3)24;1-9(19)15-12-8-13(18-14(17-12)16-10(2)20)21-11-6-4-3-5-7-11;1-2-9-10(11(14)17-12(15)16-9)7-3-5-8(13)6-4-7;10-7-6-8(13-9(11)12-7)14-4-2-1-3-5-14/h3-12,14-16,33H,13,17H2,1-2H3,(H2,29,30,31,32,34,35);6-9,11H,4-5,10H2,1-3H3,(H2,19,20,21,22,23,24);3-8H,1-2H3,(H2,15,16,17,18,19,20);3-6H,2H2,1H3,(H4,14,15,16,17);6H,1-5H2,(H4,10,11,12,13). The lowest BCUT2D eigenvalue weighted by atomic mass is 10.0. The molecule has 12 rings (SSSR count). The monoisotopic (exact) mass is 1580 g/mol. The Labute approximate surface area is 668 Å². The number of piperidine rings is 1. The van der Waals surface area contributed by atoms with Crippen LogP contribution in [0, 0.1) is 0 Å². The number of benzene rings is 6. The number of para-hydroxylation sites is 1. The van der Waals surface area contributed by atoms with E-state index < -0.39 is 0 Å². The third kappa shape index (κ3) is 28.3. The zero-order valence-electron chi connectivity index (χ0n) is 64.6. The molecular weight excluding hydrogens is 1490 g/mol. The lowest BCUT2D eigenvalue weighted by Gasteiger charge is -2.27. The molecule has 6 heterocycles. The zero-order valence-corrected chi connectivity index (χ0v) is 65.3. The minimum atomic E-state index is -0.374. The van der Waals surface area contributed by atoms with Crippen LogP contribution in [0.25, 0.3) is 11.1 Å². The Balaban J connectivity index is 0.000000187. The average Bonchev–Trinajstić information content (AvgIpc) is 0.766. The molecule has 598 valence electrons. The van der Waals surface area contributed by atoms with Crippen molar-refractivity contribution in [2.45, 2.75) is 93.1 Å². The van der Waals surface area contributed by atoms with Gasteiger partial charge >= 0.3 is 0 Å². The van der Waals surface area contributed by atoms with Gasteiger partial charge in [-0.1, -0.05) is 98.6 Å². The van der Waals surface area contributed by atoms with Crippen LogP contribution in [0.1, 0.15) is 117 Å². The molecule has 0 radical (unpaired) electrons. The molecule has 1 aliphatic heterocycles. The van der Waals surface area contributed by atoms with Gasteiger partial charge in [-0.3, -0.25) is 44.7 Å². The minimum Gasteiger partial charge on any atom is -0.494 e. The highest BCUT2D eigenvalue weighted by molar-refractivity contribution is 6.30. The first kappa shape index (κ1) is 86.4. The maximum atomic E-state index is 12.9. The Kier molecular flexibility index (Phi) is 33.0. The topological polar surface area (TPSA) is 477 Å². The number of nitrogen functional groups attached to an aromatic ring is 4. The second kappa shape index (κ2) is 44.0. The van der Waals surface area contributed by atoms with Crippen LogP contribution in [0.3, 0.4) is 0 Å². The molecule has 0 aliphatic carbocycles. The van der Waals surface area contributed by atoms with Crippen LogP contribution in [0.5, 0.6) is 40.5 Å². The first-order valence-corrected chi connectivity index (χ1v) is 36.5. The second-order valence-electron chi connectivity index (χ2n) is 25.0. The number of nitrogens with two attached hydrogens (primary N) is 4. The van der Waals surface area contributed by atoms with Crippen molar-refractivity contribution < 1.29 is 57.6 Å². The Morgan fingerprint density at radius 2 is 1.05 bits per heavy atom. The summed E-state index contributed by atoms with van der Waals surface area (Å²) in [5.74, 6) is 4.24. The zero-order chi connectivity index (χ0) is 82.8. The fourth-order valence-corrected chi connectivity index (χ4v) is 10.9. The van der Waals surface area contributed by atoms with Crippen molar-refractivity contribution in [3.8, 4) is 51.6 Å². The third-order valence-electron chi connectivity index (χ3n) is 15.9. The maximum absolute atomic E-state index is 12.9. The molecule has 1 saturated heterocycles. The summed E-state index contributed by atoms with van der Waals surface area (Å²) < 4.78 is 27.7. The molecule has 0 saturated carbocycles. The lowest BCUT2D eigenvalue weighted by molar-refractivity contribution is -0.115. The van der Waals surface area contributed by atoms with Gasteiger partial charge in [-0.15, -0.1) is 0 Å². The Morgan fingerprint density at radius 1 is 0.522 bits per heavy atom.